The van der Waals surface area contributed by atoms with Crippen LogP contribution in [0.3, 0.4) is 0 Å². The summed E-state index contributed by atoms with van der Waals surface area (Å²) in [5.41, 5.74) is 8.52. The van der Waals surface area contributed by atoms with Crippen LogP contribution in [0.1, 0.15) is 5.56 Å². The summed E-state index contributed by atoms with van der Waals surface area (Å²) in [6.45, 7) is 1.99. The largest absolute Gasteiger partial charge is 0.398 e. The van der Waals surface area contributed by atoms with Crippen molar-refractivity contribution in [1.82, 2.24) is 10.1 Å². The molecular weight excluding hydrogens is 257 g/mol. The van der Waals surface area contributed by atoms with Gasteiger partial charge in [-0.05, 0) is 31.2 Å². The molecule has 100 valence electrons. The van der Waals surface area contributed by atoms with Crippen molar-refractivity contribution in [1.29, 1.82) is 0 Å². The summed E-state index contributed by atoms with van der Waals surface area (Å²) >= 11 is 0. The fourth-order valence-electron chi connectivity index (χ4n) is 1.96. The number of aromatic nitrogens is 2. The highest BCUT2D eigenvalue weighted by Crippen LogP contribution is 2.27. The molecule has 0 unspecified atom stereocenters. The molecule has 2 N–H and O–H groups in total. The molecule has 5 heteroatoms. The molecule has 0 aliphatic heterocycles. The van der Waals surface area contributed by atoms with E-state index >= 15 is 0 Å². The van der Waals surface area contributed by atoms with E-state index in [1.807, 2.05) is 31.2 Å². The van der Waals surface area contributed by atoms with Gasteiger partial charge in [0.15, 0.2) is 0 Å². The first-order valence-corrected chi connectivity index (χ1v) is 6.09. The van der Waals surface area contributed by atoms with Crippen molar-refractivity contribution < 1.29 is 8.91 Å². The van der Waals surface area contributed by atoms with Crippen LogP contribution in [0, 0.1) is 12.7 Å². The average molecular weight is 269 g/mol. The van der Waals surface area contributed by atoms with Gasteiger partial charge in [-0.1, -0.05) is 28.9 Å². The highest BCUT2D eigenvalue weighted by atomic mass is 19.1. The number of hydrogen-bond donors (Lipinski definition) is 1. The van der Waals surface area contributed by atoms with Crippen LogP contribution in [0.25, 0.3) is 22.8 Å². The van der Waals surface area contributed by atoms with Crippen molar-refractivity contribution >= 4 is 5.69 Å². The summed E-state index contributed by atoms with van der Waals surface area (Å²) in [7, 11) is 0. The van der Waals surface area contributed by atoms with E-state index in [-0.39, 0.29) is 11.6 Å². The Balaban J connectivity index is 2.02. The molecule has 4 nitrogen and oxygen atoms in total. The van der Waals surface area contributed by atoms with Crippen molar-refractivity contribution in [3.05, 3.63) is 53.8 Å². The van der Waals surface area contributed by atoms with Crippen molar-refractivity contribution in [3.8, 4) is 22.8 Å². The maximum absolute atomic E-state index is 13.0. The van der Waals surface area contributed by atoms with Gasteiger partial charge < -0.3 is 10.3 Å². The van der Waals surface area contributed by atoms with E-state index < -0.39 is 5.82 Å². The topological polar surface area (TPSA) is 64.9 Å². The molecule has 0 radical (unpaired) electrons. The number of halogens is 1. The van der Waals surface area contributed by atoms with Gasteiger partial charge in [0.05, 0.1) is 5.56 Å². The summed E-state index contributed by atoms with van der Waals surface area (Å²) in [4.78, 5) is 4.30. The summed E-state index contributed by atoms with van der Waals surface area (Å²) in [6.07, 6.45) is 0. The first-order chi connectivity index (χ1) is 9.63. The van der Waals surface area contributed by atoms with E-state index in [4.69, 9.17) is 10.3 Å². The Bertz CT molecular complexity index is 767. The molecule has 20 heavy (non-hydrogen) atoms. The van der Waals surface area contributed by atoms with Crippen molar-refractivity contribution in [2.45, 2.75) is 6.92 Å². The van der Waals surface area contributed by atoms with Crippen LogP contribution in [-0.2, 0) is 0 Å². The maximum atomic E-state index is 13.0. The zero-order chi connectivity index (χ0) is 14.1. The number of nitrogens with zero attached hydrogens (tertiary/aromatic N) is 2. The van der Waals surface area contributed by atoms with Gasteiger partial charge >= 0.3 is 0 Å². The van der Waals surface area contributed by atoms with E-state index in [1.54, 1.807) is 0 Å². The van der Waals surface area contributed by atoms with E-state index in [0.29, 0.717) is 11.4 Å². The Kier molecular flexibility index (Phi) is 2.95. The Labute approximate surface area is 115 Å². The molecule has 0 atom stereocenters. The molecule has 0 saturated heterocycles. The molecular formula is C15H12FN3O. The first-order valence-electron chi connectivity index (χ1n) is 6.09. The Morgan fingerprint density at radius 2 is 2.00 bits per heavy atom. The number of rotatable bonds is 2. The third-order valence-electron chi connectivity index (χ3n) is 2.95. The summed E-state index contributed by atoms with van der Waals surface area (Å²) in [5.74, 6) is 0.358. The fourth-order valence-corrected chi connectivity index (χ4v) is 1.96. The van der Waals surface area contributed by atoms with E-state index in [1.165, 1.54) is 18.2 Å². The molecule has 3 aromatic rings. The highest BCUT2D eigenvalue weighted by molar-refractivity contribution is 5.71. The molecule has 1 heterocycles. The maximum Gasteiger partial charge on any atom is 0.260 e. The molecule has 0 fully saturated rings. The lowest BCUT2D eigenvalue weighted by atomic mass is 10.1. The lowest BCUT2D eigenvalue weighted by molar-refractivity contribution is 0.432. The van der Waals surface area contributed by atoms with E-state index in [2.05, 4.69) is 10.1 Å². The normalized spacial score (nSPS) is 10.7. The smallest absolute Gasteiger partial charge is 0.260 e. The summed E-state index contributed by atoms with van der Waals surface area (Å²) in [6, 6.07) is 11.8. The van der Waals surface area contributed by atoms with Crippen molar-refractivity contribution in [2.75, 3.05) is 5.73 Å². The van der Waals surface area contributed by atoms with Gasteiger partial charge in [0.1, 0.15) is 5.82 Å². The Hall–Kier alpha value is -2.69. The first kappa shape index (κ1) is 12.3. The third-order valence-corrected chi connectivity index (χ3v) is 2.95. The number of benzene rings is 2. The molecule has 1 aromatic heterocycles. The fraction of sp³-hybridized carbons (Fsp3) is 0.0667. The van der Waals surface area contributed by atoms with Crippen LogP contribution in [0.5, 0.6) is 0 Å². The van der Waals surface area contributed by atoms with Crippen LogP contribution < -0.4 is 5.73 Å². The van der Waals surface area contributed by atoms with Crippen molar-refractivity contribution in [2.24, 2.45) is 0 Å². The Morgan fingerprint density at radius 1 is 1.15 bits per heavy atom. The van der Waals surface area contributed by atoms with E-state index in [9.17, 15) is 4.39 Å². The lowest BCUT2D eigenvalue weighted by Crippen LogP contribution is -1.91. The molecule has 3 rings (SSSR count). The van der Waals surface area contributed by atoms with Crippen LogP contribution in [0.2, 0.25) is 0 Å². The molecule has 2 aromatic carbocycles. The summed E-state index contributed by atoms with van der Waals surface area (Å²) < 4.78 is 18.2. The second-order valence-electron chi connectivity index (χ2n) is 4.52. The van der Waals surface area contributed by atoms with Crippen molar-refractivity contribution in [3.63, 3.8) is 0 Å². The average Bonchev–Trinajstić information content (AvgIpc) is 2.88. The summed E-state index contributed by atoms with van der Waals surface area (Å²) in [5, 5.41) is 3.93. The Morgan fingerprint density at radius 3 is 2.75 bits per heavy atom. The van der Waals surface area contributed by atoms with E-state index in [0.717, 1.165) is 11.1 Å². The van der Waals surface area contributed by atoms with Gasteiger partial charge in [-0.2, -0.15) is 4.98 Å². The minimum Gasteiger partial charge on any atom is -0.398 e. The standard InChI is InChI=1S/C15H12FN3O/c1-9-3-2-4-10(7-9)14-18-15(20-19-14)12-6-5-11(16)8-13(12)17/h2-8H,17H2,1H3. The van der Waals surface area contributed by atoms with Gasteiger partial charge in [0.25, 0.3) is 5.89 Å². The minimum atomic E-state index is -0.398. The zero-order valence-corrected chi connectivity index (χ0v) is 10.8. The van der Waals surface area contributed by atoms with Crippen LogP contribution in [0.15, 0.2) is 47.0 Å². The molecule has 0 saturated carbocycles. The predicted octanol–water partition coefficient (Wildman–Crippen LogP) is 3.43. The molecule has 0 aliphatic carbocycles. The monoisotopic (exact) mass is 269 g/mol. The lowest BCUT2D eigenvalue weighted by Gasteiger charge is -1.99. The number of hydrogen-bond acceptors (Lipinski definition) is 4. The minimum absolute atomic E-state index is 0.268. The molecule has 0 amide bonds. The van der Waals surface area contributed by atoms with Gasteiger partial charge in [-0.15, -0.1) is 0 Å². The van der Waals surface area contributed by atoms with Gasteiger partial charge in [-0.3, -0.25) is 0 Å². The van der Waals surface area contributed by atoms with Gasteiger partial charge in [0, 0.05) is 11.3 Å². The SMILES string of the molecule is Cc1cccc(-c2noc(-c3ccc(F)cc3N)n2)c1. The number of anilines is 1. The zero-order valence-electron chi connectivity index (χ0n) is 10.8. The highest BCUT2D eigenvalue weighted by Gasteiger charge is 2.13. The predicted molar refractivity (Wildman–Crippen MR) is 74.3 cm³/mol. The van der Waals surface area contributed by atoms with Crippen LogP contribution in [0.4, 0.5) is 10.1 Å². The number of aryl methyl sites for hydroxylation is 1. The second-order valence-corrected chi connectivity index (χ2v) is 4.52. The second kappa shape index (κ2) is 4.77. The third kappa shape index (κ3) is 2.25. The quantitative estimate of drug-likeness (QED) is 0.724. The van der Waals surface area contributed by atoms with Gasteiger partial charge in [-0.25, -0.2) is 4.39 Å². The number of nitrogens with two attached hydrogens (primary N) is 1. The van der Waals surface area contributed by atoms with Crippen LogP contribution in [-0.4, -0.2) is 10.1 Å². The molecule has 0 bridgehead atoms. The molecule has 0 aliphatic rings. The molecule has 0 spiro atoms. The van der Waals surface area contributed by atoms with Crippen LogP contribution >= 0.6 is 0 Å². The van der Waals surface area contributed by atoms with Gasteiger partial charge in [0.2, 0.25) is 5.82 Å². The number of nitrogen functional groups attached to an aromatic ring is 1.